The first kappa shape index (κ1) is 18.0. The van der Waals surface area contributed by atoms with Gasteiger partial charge in [0.25, 0.3) is 5.91 Å². The van der Waals surface area contributed by atoms with E-state index in [4.69, 9.17) is 4.42 Å². The molecule has 1 aliphatic rings. The molecule has 1 aliphatic heterocycles. The standard InChI is InChI=1S/C21H21N3O4/c1-14-7-8-18(28-14)19-17(13-24(22-19)16-5-3-2-4-6-16)20(25)23-11-9-15(10-12-23)21(26)27/h2-8,13,15H,9-12H2,1H3,(H,26,27). The van der Waals surface area contributed by atoms with Crippen LogP contribution in [0.25, 0.3) is 17.1 Å². The van der Waals surface area contributed by atoms with E-state index in [-0.39, 0.29) is 11.8 Å². The van der Waals surface area contributed by atoms with Gasteiger partial charge in [-0.1, -0.05) is 18.2 Å². The first-order valence-electron chi connectivity index (χ1n) is 9.27. The summed E-state index contributed by atoms with van der Waals surface area (Å²) >= 11 is 0. The Hall–Kier alpha value is -3.35. The number of carbonyl (C=O) groups is 2. The number of carbonyl (C=O) groups excluding carboxylic acids is 1. The van der Waals surface area contributed by atoms with Gasteiger partial charge in [0.05, 0.1) is 17.2 Å². The van der Waals surface area contributed by atoms with E-state index in [1.807, 2.05) is 43.3 Å². The fraction of sp³-hybridized carbons (Fsp3) is 0.286. The fourth-order valence-corrected chi connectivity index (χ4v) is 3.49. The summed E-state index contributed by atoms with van der Waals surface area (Å²) in [6, 6.07) is 13.2. The van der Waals surface area contributed by atoms with Gasteiger partial charge < -0.3 is 14.4 Å². The van der Waals surface area contributed by atoms with Crippen LogP contribution >= 0.6 is 0 Å². The van der Waals surface area contributed by atoms with Gasteiger partial charge in [-0.3, -0.25) is 9.59 Å². The minimum Gasteiger partial charge on any atom is -0.481 e. The van der Waals surface area contributed by atoms with Gasteiger partial charge in [-0.05, 0) is 44.0 Å². The average Bonchev–Trinajstić information content (AvgIpc) is 3.34. The zero-order valence-electron chi connectivity index (χ0n) is 15.5. The second-order valence-electron chi connectivity index (χ2n) is 6.99. The smallest absolute Gasteiger partial charge is 0.306 e. The number of aromatic nitrogens is 2. The van der Waals surface area contributed by atoms with Gasteiger partial charge in [0.1, 0.15) is 11.5 Å². The normalized spacial score (nSPS) is 15.0. The van der Waals surface area contributed by atoms with Gasteiger partial charge in [-0.2, -0.15) is 5.10 Å². The number of furan rings is 1. The first-order valence-corrected chi connectivity index (χ1v) is 9.27. The summed E-state index contributed by atoms with van der Waals surface area (Å²) in [6.07, 6.45) is 2.64. The van der Waals surface area contributed by atoms with Gasteiger partial charge in [-0.25, -0.2) is 4.68 Å². The number of hydrogen-bond acceptors (Lipinski definition) is 4. The van der Waals surface area contributed by atoms with E-state index in [9.17, 15) is 14.7 Å². The molecule has 0 aliphatic carbocycles. The van der Waals surface area contributed by atoms with E-state index in [0.717, 1.165) is 11.4 Å². The largest absolute Gasteiger partial charge is 0.481 e. The molecule has 1 aromatic carbocycles. The number of para-hydroxylation sites is 1. The minimum atomic E-state index is -0.796. The molecule has 4 rings (SSSR count). The number of benzene rings is 1. The van der Waals surface area contributed by atoms with Crippen molar-refractivity contribution in [2.75, 3.05) is 13.1 Å². The van der Waals surface area contributed by atoms with Crippen LogP contribution in [0.1, 0.15) is 29.0 Å². The molecule has 1 N–H and O–H groups in total. The van der Waals surface area contributed by atoms with E-state index >= 15 is 0 Å². The molecule has 0 atom stereocenters. The molecule has 7 nitrogen and oxygen atoms in total. The van der Waals surface area contributed by atoms with E-state index in [0.29, 0.717) is 42.9 Å². The number of likely N-dealkylation sites (tertiary alicyclic amines) is 1. The second kappa shape index (κ2) is 7.34. The van der Waals surface area contributed by atoms with Crippen LogP contribution in [-0.4, -0.2) is 44.8 Å². The number of carboxylic acids is 1. The van der Waals surface area contributed by atoms with Crippen molar-refractivity contribution < 1.29 is 19.1 Å². The molecule has 0 radical (unpaired) electrons. The van der Waals surface area contributed by atoms with Gasteiger partial charge in [-0.15, -0.1) is 0 Å². The zero-order chi connectivity index (χ0) is 19.7. The van der Waals surface area contributed by atoms with Crippen LogP contribution in [0.2, 0.25) is 0 Å². The van der Waals surface area contributed by atoms with Crippen molar-refractivity contribution >= 4 is 11.9 Å². The number of nitrogens with zero attached hydrogens (tertiary/aromatic N) is 3. The van der Waals surface area contributed by atoms with Crippen molar-refractivity contribution in [3.05, 3.63) is 60.0 Å². The Morgan fingerprint density at radius 3 is 2.43 bits per heavy atom. The predicted molar refractivity (Wildman–Crippen MR) is 102 cm³/mol. The molecule has 0 unspecified atom stereocenters. The van der Waals surface area contributed by atoms with Crippen LogP contribution in [0.15, 0.2) is 53.1 Å². The number of hydrogen-bond donors (Lipinski definition) is 1. The summed E-state index contributed by atoms with van der Waals surface area (Å²) in [4.78, 5) is 26.1. The lowest BCUT2D eigenvalue weighted by Gasteiger charge is -2.30. The average molecular weight is 379 g/mol. The lowest BCUT2D eigenvalue weighted by molar-refractivity contribution is -0.143. The lowest BCUT2D eigenvalue weighted by Crippen LogP contribution is -2.40. The summed E-state index contributed by atoms with van der Waals surface area (Å²) in [5.41, 5.74) is 1.78. The van der Waals surface area contributed by atoms with E-state index in [1.165, 1.54) is 0 Å². The topological polar surface area (TPSA) is 88.6 Å². The molecule has 0 bridgehead atoms. The Kier molecular flexibility index (Phi) is 4.73. The van der Waals surface area contributed by atoms with Gasteiger partial charge in [0.2, 0.25) is 0 Å². The molecule has 2 aromatic heterocycles. The van der Waals surface area contributed by atoms with Crippen LogP contribution < -0.4 is 0 Å². The van der Waals surface area contributed by atoms with Crippen molar-refractivity contribution in [1.29, 1.82) is 0 Å². The molecule has 0 saturated carbocycles. The molecular formula is C21H21N3O4. The van der Waals surface area contributed by atoms with Gasteiger partial charge >= 0.3 is 5.97 Å². The molecule has 7 heteroatoms. The van der Waals surface area contributed by atoms with Crippen molar-refractivity contribution in [1.82, 2.24) is 14.7 Å². The molecule has 1 amide bonds. The van der Waals surface area contributed by atoms with Gasteiger partial charge in [0.15, 0.2) is 5.76 Å². The highest BCUT2D eigenvalue weighted by Crippen LogP contribution is 2.28. The highest BCUT2D eigenvalue weighted by Gasteiger charge is 2.30. The third-order valence-electron chi connectivity index (χ3n) is 5.07. The monoisotopic (exact) mass is 379 g/mol. The van der Waals surface area contributed by atoms with Gasteiger partial charge in [0, 0.05) is 19.3 Å². The summed E-state index contributed by atoms with van der Waals surface area (Å²) in [5.74, 6) is -0.0602. The van der Waals surface area contributed by atoms with Crippen LogP contribution in [-0.2, 0) is 4.79 Å². The number of carboxylic acid groups (broad SMARTS) is 1. The Labute approximate surface area is 162 Å². The Bertz CT molecular complexity index is 998. The number of aliphatic carboxylic acids is 1. The molecule has 3 aromatic rings. The summed E-state index contributed by atoms with van der Waals surface area (Å²) in [5, 5.41) is 13.8. The number of amides is 1. The third kappa shape index (κ3) is 3.43. The zero-order valence-corrected chi connectivity index (χ0v) is 15.5. The molecule has 144 valence electrons. The highest BCUT2D eigenvalue weighted by atomic mass is 16.4. The minimum absolute atomic E-state index is 0.157. The predicted octanol–water partition coefficient (Wildman–Crippen LogP) is 3.38. The van der Waals surface area contributed by atoms with Crippen LogP contribution in [0.5, 0.6) is 0 Å². The number of piperidine rings is 1. The maximum atomic E-state index is 13.2. The van der Waals surface area contributed by atoms with Crippen LogP contribution in [0.3, 0.4) is 0 Å². The maximum absolute atomic E-state index is 13.2. The van der Waals surface area contributed by atoms with E-state index < -0.39 is 5.97 Å². The highest BCUT2D eigenvalue weighted by molar-refractivity contribution is 5.99. The van der Waals surface area contributed by atoms with Crippen molar-refractivity contribution in [2.45, 2.75) is 19.8 Å². The molecule has 1 fully saturated rings. The first-order chi connectivity index (χ1) is 13.5. The number of rotatable bonds is 4. The molecule has 1 saturated heterocycles. The molecule has 0 spiro atoms. The SMILES string of the molecule is Cc1ccc(-c2nn(-c3ccccc3)cc2C(=O)N2CCC(C(=O)O)CC2)o1. The van der Waals surface area contributed by atoms with Crippen molar-refractivity contribution in [3.63, 3.8) is 0 Å². The van der Waals surface area contributed by atoms with E-state index in [2.05, 4.69) is 5.10 Å². The Balaban J connectivity index is 1.68. The second-order valence-corrected chi connectivity index (χ2v) is 6.99. The lowest BCUT2D eigenvalue weighted by atomic mass is 9.96. The fourth-order valence-electron chi connectivity index (χ4n) is 3.49. The maximum Gasteiger partial charge on any atom is 0.306 e. The molecule has 28 heavy (non-hydrogen) atoms. The summed E-state index contributed by atoms with van der Waals surface area (Å²) in [7, 11) is 0. The summed E-state index contributed by atoms with van der Waals surface area (Å²) in [6.45, 7) is 2.68. The van der Waals surface area contributed by atoms with Crippen LogP contribution in [0, 0.1) is 12.8 Å². The van der Waals surface area contributed by atoms with Crippen molar-refractivity contribution in [3.8, 4) is 17.1 Å². The number of aryl methyl sites for hydroxylation is 1. The summed E-state index contributed by atoms with van der Waals surface area (Å²) < 4.78 is 7.39. The third-order valence-corrected chi connectivity index (χ3v) is 5.07. The van der Waals surface area contributed by atoms with Crippen LogP contribution in [0.4, 0.5) is 0 Å². The Morgan fingerprint density at radius 2 is 1.82 bits per heavy atom. The Morgan fingerprint density at radius 1 is 1.11 bits per heavy atom. The molecular weight excluding hydrogens is 358 g/mol. The van der Waals surface area contributed by atoms with E-state index in [1.54, 1.807) is 21.8 Å². The van der Waals surface area contributed by atoms with Crippen molar-refractivity contribution in [2.24, 2.45) is 5.92 Å². The quantitative estimate of drug-likeness (QED) is 0.751. The molecule has 3 heterocycles.